The van der Waals surface area contributed by atoms with Crippen LogP contribution in [0.4, 0.5) is 0 Å². The number of carbonyl (C=O) groups is 3. The number of esters is 1. The third-order valence-corrected chi connectivity index (χ3v) is 3.75. The number of hydrogen-bond donors (Lipinski definition) is 1. The Labute approximate surface area is 140 Å². The second kappa shape index (κ2) is 8.06. The summed E-state index contributed by atoms with van der Waals surface area (Å²) in [5, 5.41) is 2.70. The summed E-state index contributed by atoms with van der Waals surface area (Å²) in [4.78, 5) is 36.1. The molecular weight excluding hydrogens is 306 g/mol. The van der Waals surface area contributed by atoms with E-state index in [-0.39, 0.29) is 12.8 Å². The quantitative estimate of drug-likeness (QED) is 0.625. The first-order valence-corrected chi connectivity index (χ1v) is 7.55. The Hall–Kier alpha value is -2.95. The molecule has 2 rings (SSSR count). The maximum absolute atomic E-state index is 12.5. The summed E-state index contributed by atoms with van der Waals surface area (Å²) in [6, 6.07) is 17.7. The first-order chi connectivity index (χ1) is 11.6. The molecule has 0 bridgehead atoms. The van der Waals surface area contributed by atoms with Gasteiger partial charge in [0.15, 0.2) is 0 Å². The topological polar surface area (TPSA) is 72.5 Å². The molecule has 0 fully saturated rings. The molecule has 0 saturated heterocycles. The average Bonchev–Trinajstić information content (AvgIpc) is 2.62. The van der Waals surface area contributed by atoms with Gasteiger partial charge in [0, 0.05) is 18.4 Å². The lowest BCUT2D eigenvalue weighted by Gasteiger charge is -2.30. The van der Waals surface area contributed by atoms with Crippen molar-refractivity contribution in [1.82, 2.24) is 5.32 Å². The second-order valence-corrected chi connectivity index (χ2v) is 5.43. The highest BCUT2D eigenvalue weighted by atomic mass is 16.5. The molecule has 0 aliphatic rings. The highest BCUT2D eigenvalue weighted by Crippen LogP contribution is 2.20. The molecule has 1 amide bonds. The van der Waals surface area contributed by atoms with Crippen LogP contribution in [0.5, 0.6) is 0 Å². The van der Waals surface area contributed by atoms with E-state index >= 15 is 0 Å². The number of rotatable bonds is 7. The van der Waals surface area contributed by atoms with Gasteiger partial charge in [-0.2, -0.15) is 0 Å². The lowest BCUT2D eigenvalue weighted by atomic mass is 9.87. The molecule has 0 saturated carbocycles. The molecule has 5 heteroatoms. The SMILES string of the molecule is COC(=O)[C@@](CC=O)(Cc1ccccc1)NC(=O)c1ccccc1. The maximum atomic E-state index is 12.5. The number of nitrogens with one attached hydrogen (secondary N) is 1. The monoisotopic (exact) mass is 325 g/mol. The molecular formula is C19H19NO4. The first-order valence-electron chi connectivity index (χ1n) is 7.55. The molecule has 0 radical (unpaired) electrons. The smallest absolute Gasteiger partial charge is 0.332 e. The van der Waals surface area contributed by atoms with Crippen molar-refractivity contribution in [3.8, 4) is 0 Å². The van der Waals surface area contributed by atoms with Crippen LogP contribution in [0.3, 0.4) is 0 Å². The number of amides is 1. The maximum Gasteiger partial charge on any atom is 0.332 e. The largest absolute Gasteiger partial charge is 0.467 e. The van der Waals surface area contributed by atoms with E-state index in [2.05, 4.69) is 5.32 Å². The van der Waals surface area contributed by atoms with Crippen LogP contribution in [-0.2, 0) is 20.7 Å². The van der Waals surface area contributed by atoms with E-state index < -0.39 is 17.4 Å². The van der Waals surface area contributed by atoms with Gasteiger partial charge in [0.05, 0.1) is 7.11 Å². The van der Waals surface area contributed by atoms with Crippen molar-refractivity contribution in [3.63, 3.8) is 0 Å². The standard InChI is InChI=1S/C19H19NO4/c1-24-18(23)19(12-13-21,14-15-8-4-2-5-9-15)20-17(22)16-10-6-3-7-11-16/h2-11,13H,12,14H2,1H3,(H,20,22)/t19-/m1/s1. The number of aldehydes is 1. The van der Waals surface area contributed by atoms with Crippen molar-refractivity contribution in [3.05, 3.63) is 71.8 Å². The van der Waals surface area contributed by atoms with E-state index in [9.17, 15) is 14.4 Å². The molecule has 0 aromatic heterocycles. The molecule has 2 aromatic carbocycles. The minimum Gasteiger partial charge on any atom is -0.467 e. The Morgan fingerprint density at radius 1 is 1.04 bits per heavy atom. The fourth-order valence-corrected chi connectivity index (χ4v) is 2.53. The Bertz CT molecular complexity index is 700. The van der Waals surface area contributed by atoms with Gasteiger partial charge in [-0.1, -0.05) is 48.5 Å². The predicted molar refractivity (Wildman–Crippen MR) is 89.5 cm³/mol. The Balaban J connectivity index is 2.35. The summed E-state index contributed by atoms with van der Waals surface area (Å²) in [5.41, 5.74) is -0.215. The fraction of sp³-hybridized carbons (Fsp3) is 0.211. The van der Waals surface area contributed by atoms with E-state index in [0.717, 1.165) is 5.56 Å². The first kappa shape index (κ1) is 17.4. The van der Waals surface area contributed by atoms with Crippen molar-refractivity contribution in [2.75, 3.05) is 7.11 Å². The summed E-state index contributed by atoms with van der Waals surface area (Å²) < 4.78 is 4.86. The van der Waals surface area contributed by atoms with Crippen molar-refractivity contribution in [2.24, 2.45) is 0 Å². The molecule has 0 aliphatic heterocycles. The minimum atomic E-state index is -1.44. The normalized spacial score (nSPS) is 12.7. The summed E-state index contributed by atoms with van der Waals surface area (Å²) in [6.45, 7) is 0. The zero-order chi connectivity index (χ0) is 17.4. The van der Waals surface area contributed by atoms with Crippen LogP contribution in [0.2, 0.25) is 0 Å². The lowest BCUT2D eigenvalue weighted by molar-refractivity contribution is -0.149. The van der Waals surface area contributed by atoms with Crippen molar-refractivity contribution < 1.29 is 19.1 Å². The molecule has 0 unspecified atom stereocenters. The molecule has 0 aliphatic carbocycles. The van der Waals surface area contributed by atoms with Gasteiger partial charge in [-0.3, -0.25) is 4.79 Å². The Morgan fingerprint density at radius 3 is 2.17 bits per heavy atom. The third-order valence-electron chi connectivity index (χ3n) is 3.75. The van der Waals surface area contributed by atoms with Crippen LogP contribution in [0.15, 0.2) is 60.7 Å². The molecule has 1 N–H and O–H groups in total. The predicted octanol–water partition coefficient (Wildman–Crippen LogP) is 2.16. The van der Waals surface area contributed by atoms with E-state index in [1.165, 1.54) is 7.11 Å². The summed E-state index contributed by atoms with van der Waals surface area (Å²) in [6.07, 6.45) is 0.607. The van der Waals surface area contributed by atoms with Crippen LogP contribution in [0, 0.1) is 0 Å². The fourth-order valence-electron chi connectivity index (χ4n) is 2.53. The van der Waals surface area contributed by atoms with Gasteiger partial charge in [0.25, 0.3) is 5.91 Å². The van der Waals surface area contributed by atoms with Gasteiger partial charge in [0.2, 0.25) is 0 Å². The van der Waals surface area contributed by atoms with E-state index in [1.807, 2.05) is 30.3 Å². The molecule has 5 nitrogen and oxygen atoms in total. The number of methoxy groups -OCH3 is 1. The third kappa shape index (κ3) is 4.07. The molecule has 0 spiro atoms. The van der Waals surface area contributed by atoms with Crippen molar-refractivity contribution in [2.45, 2.75) is 18.4 Å². The molecule has 1 atom stereocenters. The van der Waals surface area contributed by atoms with Gasteiger partial charge in [-0.05, 0) is 17.7 Å². The van der Waals surface area contributed by atoms with Gasteiger partial charge < -0.3 is 14.8 Å². The van der Waals surface area contributed by atoms with E-state index in [4.69, 9.17) is 4.74 Å². The number of ether oxygens (including phenoxy) is 1. The summed E-state index contributed by atoms with van der Waals surface area (Å²) in [5.74, 6) is -1.08. The van der Waals surface area contributed by atoms with Gasteiger partial charge in [0.1, 0.15) is 11.8 Å². The van der Waals surface area contributed by atoms with Gasteiger partial charge >= 0.3 is 5.97 Å². The molecule has 0 heterocycles. The molecule has 2 aromatic rings. The minimum absolute atomic E-state index is 0.165. The van der Waals surface area contributed by atoms with Crippen LogP contribution < -0.4 is 5.32 Å². The van der Waals surface area contributed by atoms with E-state index in [1.54, 1.807) is 30.3 Å². The molecule has 24 heavy (non-hydrogen) atoms. The number of carbonyl (C=O) groups excluding carboxylic acids is 3. The highest BCUT2D eigenvalue weighted by Gasteiger charge is 2.41. The van der Waals surface area contributed by atoms with Crippen molar-refractivity contribution >= 4 is 18.2 Å². The zero-order valence-electron chi connectivity index (χ0n) is 13.4. The summed E-state index contributed by atoms with van der Waals surface area (Å²) in [7, 11) is 1.24. The van der Waals surface area contributed by atoms with Crippen LogP contribution in [0.25, 0.3) is 0 Å². The van der Waals surface area contributed by atoms with Crippen LogP contribution in [-0.4, -0.2) is 30.8 Å². The Morgan fingerprint density at radius 2 is 1.62 bits per heavy atom. The van der Waals surface area contributed by atoms with Crippen LogP contribution >= 0.6 is 0 Å². The zero-order valence-corrected chi connectivity index (χ0v) is 13.4. The molecule has 124 valence electrons. The van der Waals surface area contributed by atoms with E-state index in [0.29, 0.717) is 11.8 Å². The highest BCUT2D eigenvalue weighted by molar-refractivity contribution is 5.99. The number of benzene rings is 2. The second-order valence-electron chi connectivity index (χ2n) is 5.43. The number of hydrogen-bond acceptors (Lipinski definition) is 4. The van der Waals surface area contributed by atoms with Crippen molar-refractivity contribution in [1.29, 1.82) is 0 Å². The van der Waals surface area contributed by atoms with Crippen LogP contribution in [0.1, 0.15) is 22.3 Å². The lowest BCUT2D eigenvalue weighted by Crippen LogP contribution is -2.57. The Kier molecular flexibility index (Phi) is 5.84. The summed E-state index contributed by atoms with van der Waals surface area (Å²) >= 11 is 0. The van der Waals surface area contributed by atoms with Gasteiger partial charge in [-0.25, -0.2) is 4.79 Å². The van der Waals surface area contributed by atoms with Gasteiger partial charge in [-0.15, -0.1) is 0 Å². The average molecular weight is 325 g/mol.